The zero-order valence-corrected chi connectivity index (χ0v) is 7.18. The van der Waals surface area contributed by atoms with Crippen LogP contribution in [-0.4, -0.2) is 11.6 Å². The van der Waals surface area contributed by atoms with E-state index in [1.165, 1.54) is 0 Å². The molecule has 0 N–H and O–H groups in total. The highest BCUT2D eigenvalue weighted by molar-refractivity contribution is 9.10. The molecule has 3 heteroatoms. The minimum atomic E-state index is 0.626. The molecule has 53 valence electrons. The molecule has 0 spiro atoms. The number of nitrogens with zero attached hydrogens (tertiary/aromatic N) is 1. The molecular weight excluding hydrogens is 194 g/mol. The maximum absolute atomic E-state index is 5.16. The molecule has 0 bridgehead atoms. The van der Waals surface area contributed by atoms with Gasteiger partial charge in [-0.1, -0.05) is 0 Å². The van der Waals surface area contributed by atoms with Gasteiger partial charge in [0.15, 0.2) is 0 Å². The van der Waals surface area contributed by atoms with Crippen molar-refractivity contribution in [3.05, 3.63) is 22.8 Å². The molecule has 1 rings (SSSR count). The highest BCUT2D eigenvalue weighted by Crippen LogP contribution is 2.19. The summed E-state index contributed by atoms with van der Waals surface area (Å²) in [4.78, 5) is 3.94. The van der Waals surface area contributed by atoms with E-state index in [1.807, 2.05) is 6.92 Å². The summed E-state index contributed by atoms with van der Waals surface area (Å²) in [6.07, 6.45) is 1.58. The molecule has 0 unspecified atom stereocenters. The third kappa shape index (κ3) is 1.70. The lowest BCUT2D eigenvalue weighted by Gasteiger charge is -2.01. The molecule has 1 aromatic heterocycles. The third-order valence-electron chi connectivity index (χ3n) is 0.952. The summed E-state index contributed by atoms with van der Waals surface area (Å²) in [5.41, 5.74) is 0. The van der Waals surface area contributed by atoms with Crippen LogP contribution >= 0.6 is 15.9 Å². The monoisotopic (exact) mass is 200 g/mol. The molecule has 0 amide bonds. The summed E-state index contributed by atoms with van der Waals surface area (Å²) in [5, 5.41) is 0. The van der Waals surface area contributed by atoms with Gasteiger partial charge in [0.2, 0.25) is 5.88 Å². The van der Waals surface area contributed by atoms with Gasteiger partial charge in [0.1, 0.15) is 0 Å². The first-order valence-electron chi connectivity index (χ1n) is 2.99. The molecule has 0 aliphatic carbocycles. The van der Waals surface area contributed by atoms with Crippen molar-refractivity contribution >= 4 is 15.9 Å². The molecule has 1 aromatic rings. The summed E-state index contributed by atoms with van der Waals surface area (Å²) in [5.74, 6) is 0.626. The molecule has 0 aliphatic rings. The second kappa shape index (κ2) is 3.56. The maximum Gasteiger partial charge on any atom is 0.227 e. The molecule has 0 fully saturated rings. The number of halogens is 1. The van der Waals surface area contributed by atoms with Crippen LogP contribution in [0.5, 0.6) is 5.88 Å². The van der Waals surface area contributed by atoms with E-state index in [-0.39, 0.29) is 0 Å². The molecule has 0 aromatic carbocycles. The molecule has 2 nitrogen and oxygen atoms in total. The van der Waals surface area contributed by atoms with Crippen molar-refractivity contribution in [3.63, 3.8) is 0 Å². The Bertz CT molecular complexity index is 215. The highest BCUT2D eigenvalue weighted by Gasteiger charge is 1.97. The molecule has 1 heterocycles. The Morgan fingerprint density at radius 1 is 1.80 bits per heavy atom. The zero-order valence-electron chi connectivity index (χ0n) is 5.60. The quantitative estimate of drug-likeness (QED) is 0.730. The lowest BCUT2D eigenvalue weighted by Crippen LogP contribution is -1.94. The van der Waals surface area contributed by atoms with Crippen LogP contribution in [0.1, 0.15) is 6.92 Å². The molecule has 1 radical (unpaired) electrons. The topological polar surface area (TPSA) is 22.1 Å². The van der Waals surface area contributed by atoms with E-state index in [0.29, 0.717) is 12.5 Å². The predicted octanol–water partition coefficient (Wildman–Crippen LogP) is 2.04. The first-order chi connectivity index (χ1) is 4.84. The Morgan fingerprint density at radius 3 is 3.20 bits per heavy atom. The Hall–Kier alpha value is -0.570. The third-order valence-corrected chi connectivity index (χ3v) is 1.52. The Balaban J connectivity index is 2.81. The van der Waals surface area contributed by atoms with Gasteiger partial charge in [-0.15, -0.1) is 0 Å². The number of pyridine rings is 1. The van der Waals surface area contributed by atoms with Gasteiger partial charge in [-0.3, -0.25) is 0 Å². The van der Waals surface area contributed by atoms with Crippen molar-refractivity contribution in [1.82, 2.24) is 4.98 Å². The Labute approximate surface area is 68.4 Å². The van der Waals surface area contributed by atoms with Crippen LogP contribution in [0.4, 0.5) is 0 Å². The number of hydrogen-bond acceptors (Lipinski definition) is 2. The highest BCUT2D eigenvalue weighted by atomic mass is 79.9. The van der Waals surface area contributed by atoms with Crippen molar-refractivity contribution in [2.45, 2.75) is 6.92 Å². The van der Waals surface area contributed by atoms with Crippen molar-refractivity contribution in [1.29, 1.82) is 0 Å². The van der Waals surface area contributed by atoms with Crippen molar-refractivity contribution in [2.75, 3.05) is 6.61 Å². The fourth-order valence-corrected chi connectivity index (χ4v) is 0.922. The second-order valence-corrected chi connectivity index (χ2v) is 2.51. The zero-order chi connectivity index (χ0) is 7.40. The predicted molar refractivity (Wildman–Crippen MR) is 41.9 cm³/mol. The Kier molecular flexibility index (Phi) is 2.68. The van der Waals surface area contributed by atoms with Crippen LogP contribution in [0.3, 0.4) is 0 Å². The van der Waals surface area contributed by atoms with E-state index < -0.39 is 0 Å². The second-order valence-electron chi connectivity index (χ2n) is 1.66. The average Bonchev–Trinajstić information content (AvgIpc) is 1.94. The lowest BCUT2D eigenvalue weighted by molar-refractivity contribution is 0.324. The van der Waals surface area contributed by atoms with Gasteiger partial charge in [-0.05, 0) is 28.9 Å². The van der Waals surface area contributed by atoms with Gasteiger partial charge in [0.05, 0.1) is 11.1 Å². The van der Waals surface area contributed by atoms with Crippen LogP contribution in [0, 0.1) is 6.07 Å². The summed E-state index contributed by atoms with van der Waals surface area (Å²) in [7, 11) is 0. The minimum absolute atomic E-state index is 0.626. The number of aromatic nitrogens is 1. The lowest BCUT2D eigenvalue weighted by atomic mass is 10.5. The van der Waals surface area contributed by atoms with Crippen LogP contribution < -0.4 is 4.74 Å². The molecule has 0 saturated carbocycles. The van der Waals surface area contributed by atoms with E-state index >= 15 is 0 Å². The van der Waals surface area contributed by atoms with Gasteiger partial charge in [0.25, 0.3) is 0 Å². The van der Waals surface area contributed by atoms with Crippen molar-refractivity contribution in [2.24, 2.45) is 0 Å². The normalized spacial score (nSPS) is 9.40. The first kappa shape index (κ1) is 7.54. The molecule has 0 aliphatic heterocycles. The number of ether oxygens (including phenoxy) is 1. The Morgan fingerprint density at radius 2 is 2.60 bits per heavy atom. The van der Waals surface area contributed by atoms with Crippen LogP contribution in [0.2, 0.25) is 0 Å². The van der Waals surface area contributed by atoms with E-state index in [4.69, 9.17) is 4.74 Å². The van der Waals surface area contributed by atoms with Crippen molar-refractivity contribution < 1.29 is 4.74 Å². The maximum atomic E-state index is 5.16. The minimum Gasteiger partial charge on any atom is -0.477 e. The summed E-state index contributed by atoms with van der Waals surface area (Å²) >= 11 is 3.28. The van der Waals surface area contributed by atoms with Crippen molar-refractivity contribution in [3.8, 4) is 5.88 Å². The summed E-state index contributed by atoms with van der Waals surface area (Å²) < 4.78 is 6.00. The fourth-order valence-electron chi connectivity index (χ4n) is 0.573. The van der Waals surface area contributed by atoms with Gasteiger partial charge in [-0.2, -0.15) is 0 Å². The van der Waals surface area contributed by atoms with Crippen LogP contribution in [-0.2, 0) is 0 Å². The van der Waals surface area contributed by atoms with Gasteiger partial charge in [-0.25, -0.2) is 4.98 Å². The average molecular weight is 201 g/mol. The van der Waals surface area contributed by atoms with E-state index in [0.717, 1.165) is 4.47 Å². The molecule has 10 heavy (non-hydrogen) atoms. The number of hydrogen-bond donors (Lipinski definition) is 0. The number of rotatable bonds is 2. The van der Waals surface area contributed by atoms with Gasteiger partial charge >= 0.3 is 0 Å². The smallest absolute Gasteiger partial charge is 0.227 e. The standard InChI is InChI=1S/C7H7BrNO/c1-2-10-7-6(8)4-3-5-9-7/h4-5H,2H2,1H3. The van der Waals surface area contributed by atoms with E-state index in [2.05, 4.69) is 27.0 Å². The largest absolute Gasteiger partial charge is 0.477 e. The molecule has 0 saturated heterocycles. The van der Waals surface area contributed by atoms with E-state index in [9.17, 15) is 0 Å². The van der Waals surface area contributed by atoms with Crippen LogP contribution in [0.25, 0.3) is 0 Å². The molecule has 0 atom stereocenters. The van der Waals surface area contributed by atoms with E-state index in [1.54, 1.807) is 12.3 Å². The molecular formula is C7H7BrNO. The first-order valence-corrected chi connectivity index (χ1v) is 3.78. The SMILES string of the molecule is CCOc1nc[c]cc1Br. The summed E-state index contributed by atoms with van der Waals surface area (Å²) in [6.45, 7) is 2.56. The summed E-state index contributed by atoms with van der Waals surface area (Å²) in [6, 6.07) is 4.60. The van der Waals surface area contributed by atoms with Gasteiger partial charge in [0, 0.05) is 12.3 Å². The fraction of sp³-hybridized carbons (Fsp3) is 0.286. The van der Waals surface area contributed by atoms with Crippen LogP contribution in [0.15, 0.2) is 16.7 Å². The van der Waals surface area contributed by atoms with Gasteiger partial charge < -0.3 is 4.74 Å².